The summed E-state index contributed by atoms with van der Waals surface area (Å²) in [5, 5.41) is 22.5. The van der Waals surface area contributed by atoms with Gasteiger partial charge in [-0.05, 0) is 45.1 Å². The molecule has 0 aliphatic heterocycles. The topological polar surface area (TPSA) is 71.0 Å². The highest BCUT2D eigenvalue weighted by molar-refractivity contribution is 4.77. The molecule has 3 N–H and O–H groups in total. The van der Waals surface area contributed by atoms with Gasteiger partial charge in [-0.3, -0.25) is 0 Å². The van der Waals surface area contributed by atoms with Gasteiger partial charge in [-0.1, -0.05) is 12.8 Å². The maximum absolute atomic E-state index is 9.83. The van der Waals surface area contributed by atoms with E-state index in [1.807, 2.05) is 13.8 Å². The van der Waals surface area contributed by atoms with Crippen molar-refractivity contribution in [2.75, 3.05) is 39.5 Å². The lowest BCUT2D eigenvalue weighted by Gasteiger charge is -2.30. The van der Waals surface area contributed by atoms with Crippen LogP contribution in [0.25, 0.3) is 0 Å². The summed E-state index contributed by atoms with van der Waals surface area (Å²) in [7, 11) is 0. The monoisotopic (exact) mass is 303 g/mol. The summed E-state index contributed by atoms with van der Waals surface area (Å²) in [5.74, 6) is 0.962. The lowest BCUT2D eigenvalue weighted by atomic mass is 9.79. The first-order valence-electron chi connectivity index (χ1n) is 8.32. The molecule has 1 saturated carbocycles. The largest absolute Gasteiger partial charge is 0.396 e. The summed E-state index contributed by atoms with van der Waals surface area (Å²) in [5.41, 5.74) is 0. The molecule has 3 atom stereocenters. The van der Waals surface area contributed by atoms with Crippen LogP contribution in [0.5, 0.6) is 0 Å². The molecule has 1 aliphatic rings. The van der Waals surface area contributed by atoms with E-state index < -0.39 is 6.10 Å². The van der Waals surface area contributed by atoms with E-state index in [1.165, 1.54) is 19.3 Å². The van der Waals surface area contributed by atoms with Crippen LogP contribution < -0.4 is 5.32 Å². The predicted octanol–water partition coefficient (Wildman–Crippen LogP) is 1.18. The molecule has 0 bridgehead atoms. The van der Waals surface area contributed by atoms with Gasteiger partial charge < -0.3 is 25.0 Å². The zero-order valence-electron chi connectivity index (χ0n) is 13.6. The minimum atomic E-state index is -0.486. The Kier molecular flexibility index (Phi) is 10.2. The lowest BCUT2D eigenvalue weighted by molar-refractivity contribution is -0.0104. The smallest absolute Gasteiger partial charge is 0.0897 e. The van der Waals surface area contributed by atoms with Gasteiger partial charge in [0.1, 0.15) is 0 Å². The van der Waals surface area contributed by atoms with Crippen LogP contribution in [0.2, 0.25) is 0 Å². The molecule has 21 heavy (non-hydrogen) atoms. The summed E-state index contributed by atoms with van der Waals surface area (Å²) >= 11 is 0. The van der Waals surface area contributed by atoms with Crippen LogP contribution in [0.3, 0.4) is 0 Å². The Morgan fingerprint density at radius 1 is 1.14 bits per heavy atom. The van der Waals surface area contributed by atoms with Crippen molar-refractivity contribution in [1.29, 1.82) is 0 Å². The number of aliphatic hydroxyl groups is 2. The van der Waals surface area contributed by atoms with Gasteiger partial charge in [0.2, 0.25) is 0 Å². The molecule has 1 aliphatic carbocycles. The molecule has 1 rings (SSSR count). The molecule has 126 valence electrons. The van der Waals surface area contributed by atoms with Crippen molar-refractivity contribution in [3.05, 3.63) is 0 Å². The maximum atomic E-state index is 9.83. The van der Waals surface area contributed by atoms with Gasteiger partial charge in [-0.25, -0.2) is 0 Å². The van der Waals surface area contributed by atoms with Crippen molar-refractivity contribution in [2.45, 2.75) is 51.7 Å². The van der Waals surface area contributed by atoms with Crippen LogP contribution in [-0.4, -0.2) is 61.9 Å². The summed E-state index contributed by atoms with van der Waals surface area (Å²) in [4.78, 5) is 0. The number of nitrogens with one attached hydrogen (secondary N) is 1. The van der Waals surface area contributed by atoms with Crippen molar-refractivity contribution in [3.63, 3.8) is 0 Å². The SMILES string of the molecule is CC(C)OCCOCC(O)CNCC1CCCCC1CO. The third-order valence-electron chi connectivity index (χ3n) is 4.08. The zero-order chi connectivity index (χ0) is 15.5. The van der Waals surface area contributed by atoms with Crippen LogP contribution in [0.4, 0.5) is 0 Å². The maximum Gasteiger partial charge on any atom is 0.0897 e. The van der Waals surface area contributed by atoms with Gasteiger partial charge in [0, 0.05) is 13.2 Å². The number of ether oxygens (including phenoxy) is 2. The standard InChI is InChI=1S/C16H33NO4/c1-13(2)21-8-7-20-12-16(19)10-17-9-14-5-3-4-6-15(14)11-18/h13-19H,3-12H2,1-2H3. The Morgan fingerprint density at radius 3 is 2.52 bits per heavy atom. The van der Waals surface area contributed by atoms with E-state index in [1.54, 1.807) is 0 Å². The van der Waals surface area contributed by atoms with Crippen LogP contribution >= 0.6 is 0 Å². The van der Waals surface area contributed by atoms with E-state index in [-0.39, 0.29) is 12.7 Å². The summed E-state index contributed by atoms with van der Waals surface area (Å²) in [6.07, 6.45) is 4.53. The fourth-order valence-electron chi connectivity index (χ4n) is 2.85. The van der Waals surface area contributed by atoms with E-state index in [4.69, 9.17) is 9.47 Å². The zero-order valence-corrected chi connectivity index (χ0v) is 13.6. The highest BCUT2D eigenvalue weighted by Gasteiger charge is 2.24. The molecular weight excluding hydrogens is 270 g/mol. The van der Waals surface area contributed by atoms with Crippen molar-refractivity contribution >= 4 is 0 Å². The third kappa shape index (κ3) is 8.73. The molecule has 0 saturated heterocycles. The highest BCUT2D eigenvalue weighted by Crippen LogP contribution is 2.28. The average molecular weight is 303 g/mol. The second kappa shape index (κ2) is 11.4. The molecule has 0 amide bonds. The van der Waals surface area contributed by atoms with Gasteiger partial charge in [0.05, 0.1) is 32.0 Å². The molecule has 3 unspecified atom stereocenters. The predicted molar refractivity (Wildman–Crippen MR) is 83.3 cm³/mol. The number of aliphatic hydroxyl groups excluding tert-OH is 2. The van der Waals surface area contributed by atoms with Crippen molar-refractivity contribution in [1.82, 2.24) is 5.32 Å². The molecule has 0 aromatic heterocycles. The average Bonchev–Trinajstić information content (AvgIpc) is 2.47. The molecule has 0 aromatic rings. The minimum absolute atomic E-state index is 0.218. The second-order valence-corrected chi connectivity index (χ2v) is 6.29. The van der Waals surface area contributed by atoms with E-state index >= 15 is 0 Å². The molecule has 5 nitrogen and oxygen atoms in total. The first-order valence-corrected chi connectivity index (χ1v) is 8.32. The van der Waals surface area contributed by atoms with Gasteiger partial charge in [0.25, 0.3) is 0 Å². The first kappa shape index (κ1) is 18.8. The van der Waals surface area contributed by atoms with Crippen molar-refractivity contribution < 1.29 is 19.7 Å². The molecule has 0 aromatic carbocycles. The highest BCUT2D eigenvalue weighted by atomic mass is 16.5. The molecule has 0 heterocycles. The molecule has 0 radical (unpaired) electrons. The molecule has 5 heteroatoms. The van der Waals surface area contributed by atoms with Gasteiger partial charge in [0.15, 0.2) is 0 Å². The van der Waals surface area contributed by atoms with Crippen LogP contribution in [-0.2, 0) is 9.47 Å². The number of hydrogen-bond acceptors (Lipinski definition) is 5. The minimum Gasteiger partial charge on any atom is -0.396 e. The molecule has 1 fully saturated rings. The van der Waals surface area contributed by atoms with Crippen molar-refractivity contribution in [2.24, 2.45) is 11.8 Å². The Bertz CT molecular complexity index is 250. The molecule has 0 spiro atoms. The Morgan fingerprint density at radius 2 is 1.86 bits per heavy atom. The van der Waals surface area contributed by atoms with Crippen LogP contribution in [0.1, 0.15) is 39.5 Å². The second-order valence-electron chi connectivity index (χ2n) is 6.29. The van der Waals surface area contributed by atoms with Gasteiger partial charge in [-0.2, -0.15) is 0 Å². The Hall–Kier alpha value is -0.200. The normalized spacial score (nSPS) is 24.4. The van der Waals surface area contributed by atoms with Crippen LogP contribution in [0.15, 0.2) is 0 Å². The summed E-state index contributed by atoms with van der Waals surface area (Å²) in [6, 6.07) is 0. The van der Waals surface area contributed by atoms with Crippen molar-refractivity contribution in [3.8, 4) is 0 Å². The fourth-order valence-corrected chi connectivity index (χ4v) is 2.85. The van der Waals surface area contributed by atoms with Gasteiger partial charge in [-0.15, -0.1) is 0 Å². The van der Waals surface area contributed by atoms with E-state index in [0.717, 1.165) is 13.0 Å². The number of rotatable bonds is 11. The molecular formula is C16H33NO4. The quantitative estimate of drug-likeness (QED) is 0.500. The third-order valence-corrected chi connectivity index (χ3v) is 4.08. The van der Waals surface area contributed by atoms with Gasteiger partial charge >= 0.3 is 0 Å². The van der Waals surface area contributed by atoms with E-state index in [9.17, 15) is 10.2 Å². The summed E-state index contributed by atoms with van der Waals surface area (Å²) < 4.78 is 10.7. The van der Waals surface area contributed by atoms with E-state index in [2.05, 4.69) is 5.32 Å². The van der Waals surface area contributed by atoms with Crippen LogP contribution in [0, 0.1) is 11.8 Å². The lowest BCUT2D eigenvalue weighted by Crippen LogP contribution is -2.37. The first-order chi connectivity index (χ1) is 10.1. The summed E-state index contributed by atoms with van der Waals surface area (Å²) in [6.45, 7) is 7.10. The Labute approximate surface area is 129 Å². The Balaban J connectivity index is 2.00. The fraction of sp³-hybridized carbons (Fsp3) is 1.00. The van der Waals surface area contributed by atoms with E-state index in [0.29, 0.717) is 38.2 Å². The number of hydrogen-bond donors (Lipinski definition) is 3.